The summed E-state index contributed by atoms with van der Waals surface area (Å²) in [5, 5.41) is 18.3. The van der Waals surface area contributed by atoms with Crippen LogP contribution < -0.4 is 9.47 Å². The average Bonchev–Trinajstić information content (AvgIpc) is 2.63. The van der Waals surface area contributed by atoms with Gasteiger partial charge in [-0.2, -0.15) is 5.26 Å². The van der Waals surface area contributed by atoms with Crippen molar-refractivity contribution in [2.24, 2.45) is 0 Å². The number of hydrogen-bond donors (Lipinski definition) is 1. The van der Waals surface area contributed by atoms with E-state index in [9.17, 15) is 10.1 Å². The Balaban J connectivity index is 2.57. The molecule has 0 aliphatic rings. The van der Waals surface area contributed by atoms with Gasteiger partial charge in [-0.25, -0.2) is 9.78 Å². The third-order valence-electron chi connectivity index (χ3n) is 3.50. The first-order valence-corrected chi connectivity index (χ1v) is 8.58. The number of benzene rings is 1. The van der Waals surface area contributed by atoms with Gasteiger partial charge >= 0.3 is 5.97 Å². The molecule has 0 aliphatic heterocycles. The van der Waals surface area contributed by atoms with Crippen molar-refractivity contribution in [3.05, 3.63) is 39.4 Å². The maximum Gasteiger partial charge on any atom is 0.341 e. The highest BCUT2D eigenvalue weighted by Gasteiger charge is 2.19. The second kappa shape index (κ2) is 8.75. The van der Waals surface area contributed by atoms with E-state index in [1.165, 1.54) is 6.07 Å². The molecular formula is C18H16Cl2N2O4. The summed E-state index contributed by atoms with van der Waals surface area (Å²) in [6.45, 7) is 3.57. The topological polar surface area (TPSA) is 92.4 Å². The number of carboxylic acid groups (broad SMARTS) is 1. The van der Waals surface area contributed by atoms with Crippen LogP contribution in [0.4, 0.5) is 0 Å². The molecule has 2 aromatic rings. The van der Waals surface area contributed by atoms with Crippen molar-refractivity contribution in [3.63, 3.8) is 0 Å². The molecule has 0 amide bonds. The van der Waals surface area contributed by atoms with Crippen LogP contribution in [0.5, 0.6) is 11.6 Å². The van der Waals surface area contributed by atoms with Crippen molar-refractivity contribution >= 4 is 29.2 Å². The molecule has 136 valence electrons. The summed E-state index contributed by atoms with van der Waals surface area (Å²) < 4.78 is 10.6. The van der Waals surface area contributed by atoms with Gasteiger partial charge < -0.3 is 14.6 Å². The van der Waals surface area contributed by atoms with Gasteiger partial charge in [-0.15, -0.1) is 0 Å². The number of carboxylic acids is 1. The van der Waals surface area contributed by atoms with E-state index in [0.717, 1.165) is 5.56 Å². The Morgan fingerprint density at radius 3 is 2.58 bits per heavy atom. The molecule has 0 unspecified atom stereocenters. The highest BCUT2D eigenvalue weighted by atomic mass is 35.5. The lowest BCUT2D eigenvalue weighted by Crippen LogP contribution is -2.09. The summed E-state index contributed by atoms with van der Waals surface area (Å²) in [6, 6.07) is 6.97. The predicted molar refractivity (Wildman–Crippen MR) is 98.1 cm³/mol. The predicted octanol–water partition coefficient (Wildman–Crippen LogP) is 4.35. The zero-order chi connectivity index (χ0) is 19.3. The smallest absolute Gasteiger partial charge is 0.341 e. The molecule has 1 heterocycles. The SMILES string of the molecule is CCOc1nc(-c2ccc(OCC(=O)O)c(Cl)c2Cl)c(CC)cc1C#N. The Labute approximate surface area is 160 Å². The number of rotatable bonds is 7. The number of aromatic nitrogens is 1. The summed E-state index contributed by atoms with van der Waals surface area (Å²) in [5.74, 6) is -0.732. The fourth-order valence-electron chi connectivity index (χ4n) is 2.33. The van der Waals surface area contributed by atoms with Crippen molar-refractivity contribution < 1.29 is 19.4 Å². The lowest BCUT2D eigenvalue weighted by Gasteiger charge is -2.15. The molecule has 0 saturated carbocycles. The van der Waals surface area contributed by atoms with E-state index < -0.39 is 12.6 Å². The Morgan fingerprint density at radius 1 is 1.27 bits per heavy atom. The van der Waals surface area contributed by atoms with Crippen molar-refractivity contribution in [1.29, 1.82) is 5.26 Å². The number of pyridine rings is 1. The molecule has 8 heteroatoms. The van der Waals surface area contributed by atoms with E-state index >= 15 is 0 Å². The number of aryl methyl sites for hydroxylation is 1. The van der Waals surface area contributed by atoms with Crippen LogP contribution in [-0.4, -0.2) is 29.3 Å². The second-order valence-electron chi connectivity index (χ2n) is 5.17. The molecule has 6 nitrogen and oxygen atoms in total. The number of hydrogen-bond acceptors (Lipinski definition) is 5. The standard InChI is InChI=1S/C18H16Cl2N2O4/c1-3-10-7-11(8-21)18(25-4-2)22-17(10)12-5-6-13(16(20)15(12)19)26-9-14(23)24/h5-7H,3-4,9H2,1-2H3,(H,23,24). The number of halogens is 2. The molecule has 0 fully saturated rings. The zero-order valence-electron chi connectivity index (χ0n) is 14.2. The van der Waals surface area contributed by atoms with Crippen LogP contribution in [0.15, 0.2) is 18.2 Å². The Bertz CT molecular complexity index is 878. The molecule has 1 aromatic heterocycles. The monoisotopic (exact) mass is 394 g/mol. The largest absolute Gasteiger partial charge is 0.480 e. The second-order valence-corrected chi connectivity index (χ2v) is 5.92. The molecule has 0 radical (unpaired) electrons. The first-order chi connectivity index (χ1) is 12.4. The quantitative estimate of drug-likeness (QED) is 0.749. The molecule has 1 aromatic carbocycles. The summed E-state index contributed by atoms with van der Waals surface area (Å²) in [4.78, 5) is 15.1. The van der Waals surface area contributed by atoms with Crippen LogP contribution in [0.3, 0.4) is 0 Å². The number of nitrogens with zero attached hydrogens (tertiary/aromatic N) is 2. The average molecular weight is 395 g/mol. The molecule has 2 rings (SSSR count). The highest BCUT2D eigenvalue weighted by Crippen LogP contribution is 2.41. The Kier molecular flexibility index (Phi) is 6.67. The maximum absolute atomic E-state index is 10.6. The van der Waals surface area contributed by atoms with Crippen LogP contribution in [0.2, 0.25) is 10.0 Å². The van der Waals surface area contributed by atoms with Crippen LogP contribution in [0.25, 0.3) is 11.3 Å². The van der Waals surface area contributed by atoms with Crippen molar-refractivity contribution in [2.75, 3.05) is 13.2 Å². The number of ether oxygens (including phenoxy) is 2. The van der Waals surface area contributed by atoms with Crippen molar-refractivity contribution in [2.45, 2.75) is 20.3 Å². The molecule has 0 spiro atoms. The van der Waals surface area contributed by atoms with Gasteiger partial charge in [-0.05, 0) is 37.1 Å². The van der Waals surface area contributed by atoms with Gasteiger partial charge in [0.1, 0.15) is 22.4 Å². The molecule has 0 saturated heterocycles. The molecular weight excluding hydrogens is 379 g/mol. The van der Waals surface area contributed by atoms with E-state index in [4.69, 9.17) is 37.8 Å². The highest BCUT2D eigenvalue weighted by molar-refractivity contribution is 6.44. The normalized spacial score (nSPS) is 10.3. The summed E-state index contributed by atoms with van der Waals surface area (Å²) in [6.07, 6.45) is 0.620. The minimum absolute atomic E-state index is 0.0941. The fourth-order valence-corrected chi connectivity index (χ4v) is 2.80. The zero-order valence-corrected chi connectivity index (χ0v) is 15.7. The maximum atomic E-state index is 10.6. The molecule has 0 aliphatic carbocycles. The molecule has 0 atom stereocenters. The first kappa shape index (κ1) is 19.8. The first-order valence-electron chi connectivity index (χ1n) is 7.82. The summed E-state index contributed by atoms with van der Waals surface area (Å²) >= 11 is 12.6. The lowest BCUT2D eigenvalue weighted by atomic mass is 10.0. The van der Waals surface area contributed by atoms with Gasteiger partial charge in [0.05, 0.1) is 17.3 Å². The van der Waals surface area contributed by atoms with E-state index in [2.05, 4.69) is 11.1 Å². The minimum Gasteiger partial charge on any atom is -0.480 e. The molecule has 0 bridgehead atoms. The summed E-state index contributed by atoms with van der Waals surface area (Å²) in [7, 11) is 0. The van der Waals surface area contributed by atoms with Crippen LogP contribution in [0.1, 0.15) is 25.0 Å². The van der Waals surface area contributed by atoms with E-state index in [1.807, 2.05) is 6.92 Å². The minimum atomic E-state index is -1.12. The molecule has 1 N–H and O–H groups in total. The van der Waals surface area contributed by atoms with Gasteiger partial charge in [-0.3, -0.25) is 0 Å². The molecule has 26 heavy (non-hydrogen) atoms. The lowest BCUT2D eigenvalue weighted by molar-refractivity contribution is -0.139. The van der Waals surface area contributed by atoms with Gasteiger partial charge in [-0.1, -0.05) is 30.1 Å². The third kappa shape index (κ3) is 4.18. The summed E-state index contributed by atoms with van der Waals surface area (Å²) in [5.41, 5.74) is 2.24. The Morgan fingerprint density at radius 2 is 2.00 bits per heavy atom. The Hall–Kier alpha value is -2.49. The number of nitriles is 1. The van der Waals surface area contributed by atoms with Crippen molar-refractivity contribution in [1.82, 2.24) is 4.98 Å². The van der Waals surface area contributed by atoms with Crippen LogP contribution >= 0.6 is 23.2 Å². The van der Waals surface area contributed by atoms with Gasteiger partial charge in [0.25, 0.3) is 0 Å². The van der Waals surface area contributed by atoms with Crippen LogP contribution in [-0.2, 0) is 11.2 Å². The van der Waals surface area contributed by atoms with E-state index in [0.29, 0.717) is 29.8 Å². The van der Waals surface area contributed by atoms with Gasteiger partial charge in [0.2, 0.25) is 5.88 Å². The van der Waals surface area contributed by atoms with Crippen LogP contribution in [0, 0.1) is 11.3 Å². The third-order valence-corrected chi connectivity index (χ3v) is 4.37. The van der Waals surface area contributed by atoms with Gasteiger partial charge in [0, 0.05) is 5.56 Å². The van der Waals surface area contributed by atoms with Crippen molar-refractivity contribution in [3.8, 4) is 29.0 Å². The fraction of sp³-hybridized carbons (Fsp3) is 0.278. The van der Waals surface area contributed by atoms with E-state index in [1.54, 1.807) is 19.1 Å². The van der Waals surface area contributed by atoms with E-state index in [-0.39, 0.29) is 21.7 Å². The number of aliphatic carboxylic acids is 1. The van der Waals surface area contributed by atoms with Gasteiger partial charge in [0.15, 0.2) is 6.61 Å². The number of carbonyl (C=O) groups is 1.